The average Bonchev–Trinajstić information content (AvgIpc) is 2.49. The first-order chi connectivity index (χ1) is 9.86. The number of aliphatic carboxylic acids is 1. The maximum Gasteiger partial charge on any atom is 0.308 e. The van der Waals surface area contributed by atoms with Gasteiger partial charge in [0.2, 0.25) is 5.79 Å². The number of hydrogen-bond acceptors (Lipinski definition) is 5. The summed E-state index contributed by atoms with van der Waals surface area (Å²) in [7, 11) is 0. The molecular weight excluding hydrogens is 278 g/mol. The van der Waals surface area contributed by atoms with E-state index >= 15 is 0 Å². The molecule has 0 aromatic heterocycles. The van der Waals surface area contributed by atoms with Crippen LogP contribution >= 0.6 is 0 Å². The van der Waals surface area contributed by atoms with Crippen LogP contribution in [0.15, 0.2) is 0 Å². The topological polar surface area (TPSA) is 104 Å². The summed E-state index contributed by atoms with van der Waals surface area (Å²) in [6.45, 7) is 2.24. The van der Waals surface area contributed by atoms with E-state index in [0.717, 1.165) is 6.42 Å². The number of carboxylic acid groups (broad SMARTS) is 1. The summed E-state index contributed by atoms with van der Waals surface area (Å²) in [6, 6.07) is 0. The van der Waals surface area contributed by atoms with Gasteiger partial charge in [-0.1, -0.05) is 6.92 Å². The third-order valence-corrected chi connectivity index (χ3v) is 4.35. The second-order valence-electron chi connectivity index (χ2n) is 5.85. The van der Waals surface area contributed by atoms with E-state index in [1.165, 1.54) is 4.90 Å². The van der Waals surface area contributed by atoms with Crippen LogP contribution in [0, 0.1) is 11.8 Å². The smallest absolute Gasteiger partial charge is 0.308 e. The van der Waals surface area contributed by atoms with Crippen molar-refractivity contribution in [2.45, 2.75) is 38.4 Å². The van der Waals surface area contributed by atoms with Gasteiger partial charge in [-0.3, -0.25) is 14.4 Å². The van der Waals surface area contributed by atoms with Crippen LogP contribution in [-0.2, 0) is 19.1 Å². The maximum atomic E-state index is 12.3. The SMILES string of the molecule is CC1CCCOC1(O)C(=O)C(=O)N1CCCC(C(=O)O)C1. The van der Waals surface area contributed by atoms with Crippen LogP contribution in [-0.4, -0.2) is 58.3 Å². The van der Waals surface area contributed by atoms with Gasteiger partial charge < -0.3 is 19.8 Å². The molecule has 2 heterocycles. The molecule has 2 fully saturated rings. The van der Waals surface area contributed by atoms with Crippen molar-refractivity contribution in [1.29, 1.82) is 0 Å². The summed E-state index contributed by atoms with van der Waals surface area (Å²) in [6.07, 6.45) is 2.36. The molecule has 0 bridgehead atoms. The number of hydrogen-bond donors (Lipinski definition) is 2. The number of Topliss-reactive ketones (excluding diaryl/α,β-unsaturated/α-hetero) is 1. The Morgan fingerprint density at radius 3 is 2.57 bits per heavy atom. The van der Waals surface area contributed by atoms with Gasteiger partial charge in [-0.25, -0.2) is 0 Å². The molecule has 0 spiro atoms. The molecule has 118 valence electrons. The molecule has 2 N–H and O–H groups in total. The lowest BCUT2D eigenvalue weighted by atomic mass is 9.88. The molecule has 2 aliphatic heterocycles. The van der Waals surface area contributed by atoms with E-state index in [-0.39, 0.29) is 13.2 Å². The lowest BCUT2D eigenvalue weighted by Crippen LogP contribution is -2.57. The van der Waals surface area contributed by atoms with Crippen molar-refractivity contribution in [2.75, 3.05) is 19.7 Å². The van der Waals surface area contributed by atoms with Crippen molar-refractivity contribution in [1.82, 2.24) is 4.90 Å². The molecular formula is C14H21NO6. The van der Waals surface area contributed by atoms with Crippen molar-refractivity contribution in [3.05, 3.63) is 0 Å². The fourth-order valence-electron chi connectivity index (χ4n) is 2.90. The summed E-state index contributed by atoms with van der Waals surface area (Å²) in [5.74, 6) is -6.00. The molecule has 3 unspecified atom stereocenters. The molecule has 2 aliphatic rings. The van der Waals surface area contributed by atoms with Gasteiger partial charge >= 0.3 is 5.97 Å². The minimum absolute atomic E-state index is 0.00433. The Kier molecular flexibility index (Phi) is 4.63. The Bertz CT molecular complexity index is 451. The minimum atomic E-state index is -2.08. The van der Waals surface area contributed by atoms with Crippen molar-refractivity contribution in [2.24, 2.45) is 11.8 Å². The summed E-state index contributed by atoms with van der Waals surface area (Å²) < 4.78 is 5.17. The largest absolute Gasteiger partial charge is 0.481 e. The monoisotopic (exact) mass is 299 g/mol. The summed E-state index contributed by atoms with van der Waals surface area (Å²) in [4.78, 5) is 36.8. The number of rotatable bonds is 3. The van der Waals surface area contributed by atoms with Crippen LogP contribution in [0.4, 0.5) is 0 Å². The number of carboxylic acids is 1. The van der Waals surface area contributed by atoms with Gasteiger partial charge in [0.25, 0.3) is 11.7 Å². The van der Waals surface area contributed by atoms with Crippen molar-refractivity contribution in [3.63, 3.8) is 0 Å². The standard InChI is InChI=1S/C14H21NO6/c1-9-4-3-7-21-14(9,20)11(16)12(17)15-6-2-5-10(8-15)13(18)19/h9-10,20H,2-8H2,1H3,(H,18,19). The van der Waals surface area contributed by atoms with Crippen LogP contribution in [0.5, 0.6) is 0 Å². The number of aliphatic hydroxyl groups is 1. The van der Waals surface area contributed by atoms with Crippen molar-refractivity contribution >= 4 is 17.7 Å². The highest BCUT2D eigenvalue weighted by Gasteiger charge is 2.49. The van der Waals surface area contributed by atoms with Crippen molar-refractivity contribution < 1.29 is 29.3 Å². The Hall–Kier alpha value is -1.47. The number of piperidine rings is 1. The number of likely N-dealkylation sites (tertiary alicyclic amines) is 1. The molecule has 2 saturated heterocycles. The third-order valence-electron chi connectivity index (χ3n) is 4.35. The highest BCUT2D eigenvalue weighted by molar-refractivity contribution is 6.38. The van der Waals surface area contributed by atoms with Crippen LogP contribution in [0.2, 0.25) is 0 Å². The van der Waals surface area contributed by atoms with E-state index < -0.39 is 35.3 Å². The highest BCUT2D eigenvalue weighted by Crippen LogP contribution is 2.30. The molecule has 0 aromatic carbocycles. The van der Waals surface area contributed by atoms with Gasteiger partial charge in [0, 0.05) is 19.0 Å². The van der Waals surface area contributed by atoms with E-state index in [9.17, 15) is 19.5 Å². The van der Waals surface area contributed by atoms with Crippen LogP contribution in [0.25, 0.3) is 0 Å². The first-order valence-corrected chi connectivity index (χ1v) is 7.29. The van der Waals surface area contributed by atoms with Gasteiger partial charge in [-0.15, -0.1) is 0 Å². The normalized spacial score (nSPS) is 33.5. The zero-order chi connectivity index (χ0) is 15.6. The molecule has 0 saturated carbocycles. The summed E-state index contributed by atoms with van der Waals surface area (Å²) in [5.41, 5.74) is 0. The van der Waals surface area contributed by atoms with E-state index in [1.54, 1.807) is 6.92 Å². The number of carbonyl (C=O) groups is 3. The zero-order valence-corrected chi connectivity index (χ0v) is 12.1. The lowest BCUT2D eigenvalue weighted by Gasteiger charge is -2.38. The van der Waals surface area contributed by atoms with Gasteiger partial charge in [0.15, 0.2) is 0 Å². The predicted molar refractivity (Wildman–Crippen MR) is 71.2 cm³/mol. The van der Waals surface area contributed by atoms with E-state index in [1.807, 2.05) is 0 Å². The third kappa shape index (κ3) is 3.08. The van der Waals surface area contributed by atoms with Gasteiger partial charge in [-0.2, -0.15) is 0 Å². The molecule has 21 heavy (non-hydrogen) atoms. The molecule has 1 amide bonds. The summed E-state index contributed by atoms with van der Waals surface area (Å²) >= 11 is 0. The Morgan fingerprint density at radius 2 is 1.95 bits per heavy atom. The molecule has 7 heteroatoms. The number of amides is 1. The first-order valence-electron chi connectivity index (χ1n) is 7.29. The predicted octanol–water partition coefficient (Wildman–Crippen LogP) is 0.0138. The number of nitrogens with zero attached hydrogens (tertiary/aromatic N) is 1. The molecule has 7 nitrogen and oxygen atoms in total. The second kappa shape index (κ2) is 6.11. The zero-order valence-electron chi connectivity index (χ0n) is 12.1. The van der Waals surface area contributed by atoms with Gasteiger partial charge in [-0.05, 0) is 25.7 Å². The van der Waals surface area contributed by atoms with E-state index in [0.29, 0.717) is 25.8 Å². The maximum absolute atomic E-state index is 12.3. The second-order valence-corrected chi connectivity index (χ2v) is 5.85. The van der Waals surface area contributed by atoms with Crippen LogP contribution in [0.3, 0.4) is 0 Å². The molecule has 0 aliphatic carbocycles. The number of carbonyl (C=O) groups excluding carboxylic acids is 2. The van der Waals surface area contributed by atoms with E-state index in [4.69, 9.17) is 9.84 Å². The fourth-order valence-corrected chi connectivity index (χ4v) is 2.90. The Balaban J connectivity index is 2.08. The Morgan fingerprint density at radius 1 is 1.24 bits per heavy atom. The first kappa shape index (κ1) is 15.9. The van der Waals surface area contributed by atoms with Gasteiger partial charge in [0.1, 0.15) is 0 Å². The van der Waals surface area contributed by atoms with Crippen molar-refractivity contribution in [3.8, 4) is 0 Å². The lowest BCUT2D eigenvalue weighted by molar-refractivity contribution is -0.240. The molecule has 0 radical (unpaired) electrons. The van der Waals surface area contributed by atoms with Gasteiger partial charge in [0.05, 0.1) is 12.5 Å². The quantitative estimate of drug-likeness (QED) is 0.712. The molecule has 0 aromatic rings. The van der Waals surface area contributed by atoms with Crippen LogP contribution < -0.4 is 0 Å². The number of ether oxygens (including phenoxy) is 1. The number of ketones is 1. The molecule has 2 rings (SSSR count). The fraction of sp³-hybridized carbons (Fsp3) is 0.786. The average molecular weight is 299 g/mol. The summed E-state index contributed by atoms with van der Waals surface area (Å²) in [5, 5.41) is 19.4. The minimum Gasteiger partial charge on any atom is -0.481 e. The Labute approximate surface area is 122 Å². The highest BCUT2D eigenvalue weighted by atomic mass is 16.6. The molecule has 3 atom stereocenters. The van der Waals surface area contributed by atoms with Crippen LogP contribution in [0.1, 0.15) is 32.6 Å². The van der Waals surface area contributed by atoms with E-state index in [2.05, 4.69) is 0 Å².